The number of hydrogen-bond acceptors (Lipinski definition) is 6. The number of ether oxygens (including phenoxy) is 1. The molecule has 0 radical (unpaired) electrons. The first-order valence-corrected chi connectivity index (χ1v) is 11.6. The van der Waals surface area contributed by atoms with E-state index in [0.717, 1.165) is 25.0 Å². The standard InChI is InChI=1S/C22H22Cl2N2O3S/c1-2-3-10-29-18(28)12-30-22-14(11-25)19(13-6-4-7-15(23)21(13)24)20-16(26-22)8-5-9-17(20)27/h4,6-7,19,26H,2-3,5,8-10,12H2,1H3/t19-/m1/s1. The van der Waals surface area contributed by atoms with E-state index in [4.69, 9.17) is 27.9 Å². The number of nitrogens with one attached hydrogen (secondary N) is 1. The van der Waals surface area contributed by atoms with E-state index in [9.17, 15) is 14.9 Å². The van der Waals surface area contributed by atoms with E-state index in [1.165, 1.54) is 11.8 Å². The lowest BCUT2D eigenvalue weighted by atomic mass is 9.77. The third-order valence-corrected chi connectivity index (χ3v) is 6.87. The number of nitrogens with zero attached hydrogens (tertiary/aromatic N) is 1. The second-order valence-electron chi connectivity index (χ2n) is 7.09. The maximum Gasteiger partial charge on any atom is 0.316 e. The van der Waals surface area contributed by atoms with Crippen molar-refractivity contribution in [2.45, 2.75) is 44.9 Å². The molecule has 0 unspecified atom stereocenters. The van der Waals surface area contributed by atoms with Gasteiger partial charge in [0.1, 0.15) is 0 Å². The minimum Gasteiger partial charge on any atom is -0.465 e. The largest absolute Gasteiger partial charge is 0.465 e. The van der Waals surface area contributed by atoms with Gasteiger partial charge >= 0.3 is 5.97 Å². The Labute approximate surface area is 190 Å². The number of rotatable bonds is 7. The maximum atomic E-state index is 12.8. The van der Waals surface area contributed by atoms with Crippen molar-refractivity contribution in [1.29, 1.82) is 5.26 Å². The molecule has 1 aliphatic heterocycles. The highest BCUT2D eigenvalue weighted by atomic mass is 35.5. The van der Waals surface area contributed by atoms with Crippen LogP contribution in [-0.4, -0.2) is 24.1 Å². The summed E-state index contributed by atoms with van der Waals surface area (Å²) in [6.45, 7) is 2.41. The third-order valence-electron chi connectivity index (χ3n) is 5.05. The number of hydrogen-bond donors (Lipinski definition) is 1. The molecule has 0 bridgehead atoms. The van der Waals surface area contributed by atoms with Crippen LogP contribution in [0.4, 0.5) is 0 Å². The number of nitriles is 1. The second kappa shape index (κ2) is 10.4. The third kappa shape index (κ3) is 4.85. The number of allylic oxidation sites excluding steroid dienone is 3. The van der Waals surface area contributed by atoms with Crippen molar-refractivity contribution in [2.75, 3.05) is 12.4 Å². The molecule has 0 saturated carbocycles. The van der Waals surface area contributed by atoms with Gasteiger partial charge in [0.15, 0.2) is 5.78 Å². The summed E-state index contributed by atoms with van der Waals surface area (Å²) in [6, 6.07) is 7.45. The minimum atomic E-state index is -0.608. The molecule has 30 heavy (non-hydrogen) atoms. The van der Waals surface area contributed by atoms with Crippen LogP contribution in [-0.2, 0) is 14.3 Å². The number of halogens is 2. The van der Waals surface area contributed by atoms with Crippen molar-refractivity contribution in [3.8, 4) is 6.07 Å². The summed E-state index contributed by atoms with van der Waals surface area (Å²) in [4.78, 5) is 24.9. The normalized spacial score (nSPS) is 18.6. The molecule has 1 heterocycles. The van der Waals surface area contributed by atoms with Gasteiger partial charge in [0.25, 0.3) is 0 Å². The molecule has 0 fully saturated rings. The number of benzene rings is 1. The molecule has 1 N–H and O–H groups in total. The Morgan fingerprint density at radius 2 is 2.17 bits per heavy atom. The number of carbonyl (C=O) groups excluding carboxylic acids is 2. The number of ketones is 1. The molecule has 0 amide bonds. The number of dihydropyridines is 1. The Balaban J connectivity index is 1.97. The van der Waals surface area contributed by atoms with E-state index >= 15 is 0 Å². The van der Waals surface area contributed by atoms with Gasteiger partial charge in [-0.1, -0.05) is 60.4 Å². The summed E-state index contributed by atoms with van der Waals surface area (Å²) >= 11 is 13.9. The van der Waals surface area contributed by atoms with Crippen molar-refractivity contribution in [2.24, 2.45) is 0 Å². The van der Waals surface area contributed by atoms with Gasteiger partial charge in [0.05, 0.1) is 45.0 Å². The lowest BCUT2D eigenvalue weighted by molar-refractivity contribution is -0.140. The zero-order valence-electron chi connectivity index (χ0n) is 16.6. The van der Waals surface area contributed by atoms with Crippen molar-refractivity contribution in [3.63, 3.8) is 0 Å². The maximum absolute atomic E-state index is 12.8. The van der Waals surface area contributed by atoms with Gasteiger partial charge in [-0.05, 0) is 30.9 Å². The lowest BCUT2D eigenvalue weighted by Crippen LogP contribution is -2.31. The van der Waals surface area contributed by atoms with Gasteiger partial charge in [0.2, 0.25) is 0 Å². The van der Waals surface area contributed by atoms with Crippen molar-refractivity contribution in [1.82, 2.24) is 5.32 Å². The fourth-order valence-electron chi connectivity index (χ4n) is 3.59. The van der Waals surface area contributed by atoms with Crippen LogP contribution in [0.15, 0.2) is 40.1 Å². The number of unbranched alkanes of at least 4 members (excludes halogenated alkanes) is 1. The molecular formula is C22H22Cl2N2O3S. The predicted molar refractivity (Wildman–Crippen MR) is 119 cm³/mol. The SMILES string of the molecule is CCCCOC(=O)CSC1=C(C#N)[C@@H](c2cccc(Cl)c2Cl)C2=C(CCCC2=O)N1. The molecule has 1 aliphatic carbocycles. The van der Waals surface area contributed by atoms with E-state index in [0.29, 0.717) is 51.2 Å². The highest BCUT2D eigenvalue weighted by Crippen LogP contribution is 2.46. The molecule has 0 aromatic heterocycles. The summed E-state index contributed by atoms with van der Waals surface area (Å²) < 4.78 is 5.21. The van der Waals surface area contributed by atoms with Gasteiger partial charge in [-0.2, -0.15) is 5.26 Å². The monoisotopic (exact) mass is 464 g/mol. The lowest BCUT2D eigenvalue weighted by Gasteiger charge is -2.33. The molecule has 3 rings (SSSR count). The molecule has 1 atom stereocenters. The highest BCUT2D eigenvalue weighted by Gasteiger charge is 2.38. The summed E-state index contributed by atoms with van der Waals surface area (Å²) in [5.74, 6) is -0.870. The molecule has 158 valence electrons. The van der Waals surface area contributed by atoms with Gasteiger partial charge in [-0.15, -0.1) is 0 Å². The number of thioether (sulfide) groups is 1. The molecule has 5 nitrogen and oxygen atoms in total. The van der Waals surface area contributed by atoms with Crippen LogP contribution in [0, 0.1) is 11.3 Å². The van der Waals surface area contributed by atoms with Crippen LogP contribution in [0.2, 0.25) is 10.0 Å². The predicted octanol–water partition coefficient (Wildman–Crippen LogP) is 5.50. The van der Waals surface area contributed by atoms with Crippen LogP contribution >= 0.6 is 35.0 Å². The van der Waals surface area contributed by atoms with Gasteiger partial charge in [-0.3, -0.25) is 9.59 Å². The Morgan fingerprint density at radius 3 is 2.90 bits per heavy atom. The van der Waals surface area contributed by atoms with Gasteiger partial charge < -0.3 is 10.1 Å². The number of esters is 1. The Morgan fingerprint density at radius 1 is 1.37 bits per heavy atom. The Bertz CT molecular complexity index is 966. The first-order chi connectivity index (χ1) is 14.5. The van der Waals surface area contributed by atoms with Crippen molar-refractivity contribution < 1.29 is 14.3 Å². The molecule has 0 spiro atoms. The highest BCUT2D eigenvalue weighted by molar-refractivity contribution is 8.03. The molecule has 1 aromatic rings. The smallest absolute Gasteiger partial charge is 0.316 e. The molecule has 0 saturated heterocycles. The van der Waals surface area contributed by atoms with Crippen molar-refractivity contribution >= 4 is 46.7 Å². The molecule has 1 aromatic carbocycles. The summed E-state index contributed by atoms with van der Waals surface area (Å²) in [6.07, 6.45) is 3.62. The molecule has 8 heteroatoms. The number of Topliss-reactive ketones (excluding diaryl/α,β-unsaturated/α-hetero) is 1. The summed E-state index contributed by atoms with van der Waals surface area (Å²) in [5, 5.41) is 14.5. The van der Waals surface area contributed by atoms with Crippen LogP contribution in [0.5, 0.6) is 0 Å². The zero-order chi connectivity index (χ0) is 21.7. The fourth-order valence-corrected chi connectivity index (χ4v) is 4.87. The van der Waals surface area contributed by atoms with Crippen LogP contribution in [0.3, 0.4) is 0 Å². The van der Waals surface area contributed by atoms with E-state index in [2.05, 4.69) is 11.4 Å². The first-order valence-electron chi connectivity index (χ1n) is 9.87. The molecule has 2 aliphatic rings. The Hall–Kier alpha value is -1.94. The van der Waals surface area contributed by atoms with Crippen LogP contribution < -0.4 is 5.32 Å². The first kappa shape index (κ1) is 22.7. The zero-order valence-corrected chi connectivity index (χ0v) is 18.9. The average Bonchev–Trinajstić information content (AvgIpc) is 2.73. The number of carbonyl (C=O) groups is 2. The van der Waals surface area contributed by atoms with E-state index in [1.807, 2.05) is 6.92 Å². The van der Waals surface area contributed by atoms with Crippen LogP contribution in [0.25, 0.3) is 0 Å². The van der Waals surface area contributed by atoms with E-state index in [-0.39, 0.29) is 17.5 Å². The van der Waals surface area contributed by atoms with Crippen LogP contribution in [0.1, 0.15) is 50.5 Å². The van der Waals surface area contributed by atoms with Gasteiger partial charge in [0, 0.05) is 17.7 Å². The summed E-state index contributed by atoms with van der Waals surface area (Å²) in [7, 11) is 0. The topological polar surface area (TPSA) is 79.2 Å². The van der Waals surface area contributed by atoms with E-state index < -0.39 is 5.92 Å². The minimum absolute atomic E-state index is 0.000525. The van der Waals surface area contributed by atoms with Gasteiger partial charge in [-0.25, -0.2) is 0 Å². The second-order valence-corrected chi connectivity index (χ2v) is 8.86. The fraction of sp³-hybridized carbons (Fsp3) is 0.409. The molecular weight excluding hydrogens is 443 g/mol. The quantitative estimate of drug-likeness (QED) is 0.423. The Kier molecular flexibility index (Phi) is 7.87. The van der Waals surface area contributed by atoms with E-state index in [1.54, 1.807) is 18.2 Å². The van der Waals surface area contributed by atoms with Crippen molar-refractivity contribution in [3.05, 3.63) is 55.7 Å². The average molecular weight is 465 g/mol. The summed E-state index contributed by atoms with van der Waals surface area (Å²) in [5.41, 5.74) is 2.33.